The molecule has 0 aromatic heterocycles. The highest BCUT2D eigenvalue weighted by atomic mass is 35.5. The molecule has 0 fully saturated rings. The monoisotopic (exact) mass is 266 g/mol. The van der Waals surface area contributed by atoms with Crippen molar-refractivity contribution >= 4 is 17.4 Å². The van der Waals surface area contributed by atoms with Crippen LogP contribution < -0.4 is 4.74 Å². The van der Waals surface area contributed by atoms with E-state index in [-0.39, 0.29) is 12.4 Å². The van der Waals surface area contributed by atoms with E-state index in [1.165, 1.54) is 0 Å². The zero-order valence-electron chi connectivity index (χ0n) is 10.5. The first-order valence-electron chi connectivity index (χ1n) is 6.23. The minimum atomic E-state index is 0.142. The van der Waals surface area contributed by atoms with E-state index in [0.29, 0.717) is 17.2 Å². The number of allylic oxidation sites excluding steroid dienone is 1. The molecule has 1 aromatic carbocycles. The van der Waals surface area contributed by atoms with Gasteiger partial charge in [0.25, 0.3) is 0 Å². The van der Waals surface area contributed by atoms with Gasteiger partial charge in [-0.15, -0.1) is 6.58 Å². The van der Waals surface area contributed by atoms with Gasteiger partial charge in [0, 0.05) is 11.4 Å². The maximum atomic E-state index is 11.5. The molecule has 18 heavy (non-hydrogen) atoms. The van der Waals surface area contributed by atoms with Crippen molar-refractivity contribution in [2.24, 2.45) is 0 Å². The summed E-state index contributed by atoms with van der Waals surface area (Å²) in [6, 6.07) is 7.02. The zero-order chi connectivity index (χ0) is 13.2. The Morgan fingerprint density at radius 1 is 1.22 bits per heavy atom. The third kappa shape index (κ3) is 6.45. The molecule has 0 heterocycles. The molecule has 0 spiro atoms. The summed E-state index contributed by atoms with van der Waals surface area (Å²) in [4.78, 5) is 11.5. The van der Waals surface area contributed by atoms with E-state index in [9.17, 15) is 4.79 Å². The van der Waals surface area contributed by atoms with Crippen molar-refractivity contribution in [3.63, 3.8) is 0 Å². The smallest absolute Gasteiger partial charge is 0.170 e. The number of halogens is 1. The van der Waals surface area contributed by atoms with Crippen LogP contribution in [0.15, 0.2) is 36.9 Å². The molecule has 0 unspecified atom stereocenters. The summed E-state index contributed by atoms with van der Waals surface area (Å²) in [6.45, 7) is 3.81. The fraction of sp³-hybridized carbons (Fsp3) is 0.400. The van der Waals surface area contributed by atoms with Crippen molar-refractivity contribution in [2.45, 2.75) is 32.1 Å². The molecule has 3 heteroatoms. The molecule has 0 aliphatic heterocycles. The maximum Gasteiger partial charge on any atom is 0.170 e. The van der Waals surface area contributed by atoms with Crippen LogP contribution in [0.4, 0.5) is 0 Å². The Balaban J connectivity index is 2.13. The molecule has 0 atom stereocenters. The lowest BCUT2D eigenvalue weighted by molar-refractivity contribution is -0.121. The Bertz CT molecular complexity index is 371. The SMILES string of the molecule is C=CCCCCCC(=O)COc1ccc(Cl)cc1. The van der Waals surface area contributed by atoms with Gasteiger partial charge in [0.2, 0.25) is 0 Å². The number of rotatable bonds is 9. The topological polar surface area (TPSA) is 26.3 Å². The summed E-state index contributed by atoms with van der Waals surface area (Å²) in [5.41, 5.74) is 0. The van der Waals surface area contributed by atoms with E-state index >= 15 is 0 Å². The second-order valence-electron chi connectivity index (χ2n) is 4.17. The van der Waals surface area contributed by atoms with Crippen LogP contribution in [-0.2, 0) is 4.79 Å². The van der Waals surface area contributed by atoms with Crippen LogP contribution in [0.3, 0.4) is 0 Å². The second kappa shape index (κ2) is 8.76. The van der Waals surface area contributed by atoms with Crippen molar-refractivity contribution in [3.8, 4) is 5.75 Å². The molecule has 0 N–H and O–H groups in total. The lowest BCUT2D eigenvalue weighted by atomic mass is 10.1. The molecule has 2 nitrogen and oxygen atoms in total. The first-order chi connectivity index (χ1) is 8.72. The molecule has 0 bridgehead atoms. The molecular weight excluding hydrogens is 248 g/mol. The minimum absolute atomic E-state index is 0.142. The number of hydrogen-bond acceptors (Lipinski definition) is 2. The fourth-order valence-electron chi connectivity index (χ4n) is 1.55. The van der Waals surface area contributed by atoms with Gasteiger partial charge in [-0.05, 0) is 43.5 Å². The van der Waals surface area contributed by atoms with Gasteiger partial charge in [-0.1, -0.05) is 24.1 Å². The summed E-state index contributed by atoms with van der Waals surface area (Å²) in [6.07, 6.45) is 6.62. The van der Waals surface area contributed by atoms with Crippen LogP contribution in [-0.4, -0.2) is 12.4 Å². The van der Waals surface area contributed by atoms with Gasteiger partial charge in [-0.25, -0.2) is 0 Å². The molecule has 0 saturated heterocycles. The van der Waals surface area contributed by atoms with Gasteiger partial charge in [-0.3, -0.25) is 4.79 Å². The number of hydrogen-bond donors (Lipinski definition) is 0. The quantitative estimate of drug-likeness (QED) is 0.488. The largest absolute Gasteiger partial charge is 0.486 e. The molecule has 0 amide bonds. The van der Waals surface area contributed by atoms with E-state index in [2.05, 4.69) is 6.58 Å². The van der Waals surface area contributed by atoms with Crippen molar-refractivity contribution in [1.82, 2.24) is 0 Å². The number of carbonyl (C=O) groups is 1. The van der Waals surface area contributed by atoms with Crippen LogP contribution in [0.1, 0.15) is 32.1 Å². The fourth-order valence-corrected chi connectivity index (χ4v) is 1.68. The maximum absolute atomic E-state index is 11.5. The van der Waals surface area contributed by atoms with Gasteiger partial charge < -0.3 is 4.74 Å². The second-order valence-corrected chi connectivity index (χ2v) is 4.61. The van der Waals surface area contributed by atoms with Crippen LogP contribution in [0, 0.1) is 0 Å². The van der Waals surface area contributed by atoms with Crippen LogP contribution >= 0.6 is 11.6 Å². The van der Waals surface area contributed by atoms with E-state index in [4.69, 9.17) is 16.3 Å². The van der Waals surface area contributed by atoms with Crippen LogP contribution in [0.5, 0.6) is 5.75 Å². The first kappa shape index (κ1) is 14.8. The molecule has 0 aliphatic rings. The summed E-state index contributed by atoms with van der Waals surface area (Å²) in [5.74, 6) is 0.822. The summed E-state index contributed by atoms with van der Waals surface area (Å²) in [7, 11) is 0. The molecule has 0 saturated carbocycles. The Morgan fingerprint density at radius 2 is 1.94 bits per heavy atom. The average Bonchev–Trinajstić information content (AvgIpc) is 2.38. The predicted molar refractivity (Wildman–Crippen MR) is 75.2 cm³/mol. The highest BCUT2D eigenvalue weighted by Gasteiger charge is 2.03. The van der Waals surface area contributed by atoms with Crippen molar-refractivity contribution in [2.75, 3.05) is 6.61 Å². The third-order valence-electron chi connectivity index (χ3n) is 2.58. The van der Waals surface area contributed by atoms with Gasteiger partial charge in [-0.2, -0.15) is 0 Å². The molecule has 98 valence electrons. The standard InChI is InChI=1S/C15H19ClO2/c1-2-3-4-5-6-7-14(17)12-18-15-10-8-13(16)9-11-15/h2,8-11H,1,3-7,12H2. The summed E-state index contributed by atoms with van der Waals surface area (Å²) < 4.78 is 5.38. The number of Topliss-reactive ketones (excluding diaryl/α,β-unsaturated/α-hetero) is 1. The van der Waals surface area contributed by atoms with Crippen LogP contribution in [0.25, 0.3) is 0 Å². The van der Waals surface area contributed by atoms with Crippen molar-refractivity contribution in [3.05, 3.63) is 41.9 Å². The van der Waals surface area contributed by atoms with E-state index in [0.717, 1.165) is 25.7 Å². The Labute approximate surface area is 114 Å². The van der Waals surface area contributed by atoms with Crippen molar-refractivity contribution < 1.29 is 9.53 Å². The average molecular weight is 267 g/mol. The Kier molecular flexibility index (Phi) is 7.19. The lowest BCUT2D eigenvalue weighted by Crippen LogP contribution is -2.10. The number of carbonyl (C=O) groups excluding carboxylic acids is 1. The number of benzene rings is 1. The summed E-state index contributed by atoms with van der Waals surface area (Å²) >= 11 is 5.76. The van der Waals surface area contributed by atoms with Gasteiger partial charge >= 0.3 is 0 Å². The first-order valence-corrected chi connectivity index (χ1v) is 6.61. The van der Waals surface area contributed by atoms with E-state index in [1.807, 2.05) is 6.08 Å². The van der Waals surface area contributed by atoms with Gasteiger partial charge in [0.1, 0.15) is 12.4 Å². The van der Waals surface area contributed by atoms with Gasteiger partial charge in [0.05, 0.1) is 0 Å². The van der Waals surface area contributed by atoms with Crippen LogP contribution in [0.2, 0.25) is 5.02 Å². The highest BCUT2D eigenvalue weighted by Crippen LogP contribution is 2.15. The molecular formula is C15H19ClO2. The molecule has 0 radical (unpaired) electrons. The number of ether oxygens (including phenoxy) is 1. The minimum Gasteiger partial charge on any atom is -0.486 e. The predicted octanol–water partition coefficient (Wildman–Crippen LogP) is 4.42. The molecule has 0 aliphatic carbocycles. The number of ketones is 1. The summed E-state index contributed by atoms with van der Waals surface area (Å²) in [5, 5.41) is 0.663. The number of unbranched alkanes of at least 4 members (excludes halogenated alkanes) is 3. The zero-order valence-corrected chi connectivity index (χ0v) is 11.3. The Hall–Kier alpha value is -1.28. The Morgan fingerprint density at radius 3 is 2.61 bits per heavy atom. The van der Waals surface area contributed by atoms with Gasteiger partial charge in [0.15, 0.2) is 5.78 Å². The highest BCUT2D eigenvalue weighted by molar-refractivity contribution is 6.30. The lowest BCUT2D eigenvalue weighted by Gasteiger charge is -2.05. The molecule has 1 rings (SSSR count). The third-order valence-corrected chi connectivity index (χ3v) is 2.83. The van der Waals surface area contributed by atoms with Crippen molar-refractivity contribution in [1.29, 1.82) is 0 Å². The van der Waals surface area contributed by atoms with E-state index in [1.54, 1.807) is 24.3 Å². The van der Waals surface area contributed by atoms with E-state index < -0.39 is 0 Å². The normalized spacial score (nSPS) is 10.1. The molecule has 1 aromatic rings.